The molecule has 0 radical (unpaired) electrons. The highest BCUT2D eigenvalue weighted by atomic mass is 32.2. The van der Waals surface area contributed by atoms with Crippen LogP contribution in [0.15, 0.2) is 23.5 Å². The van der Waals surface area contributed by atoms with E-state index in [9.17, 15) is 4.55 Å². The Morgan fingerprint density at radius 3 is 2.68 bits per heavy atom. The van der Waals surface area contributed by atoms with E-state index >= 15 is 0 Å². The highest BCUT2D eigenvalue weighted by molar-refractivity contribution is 7.90. The molecule has 0 aromatic carbocycles. The smallest absolute Gasteiger partial charge is 0.323 e. The highest BCUT2D eigenvalue weighted by Crippen LogP contribution is 2.28. The van der Waals surface area contributed by atoms with E-state index in [2.05, 4.69) is 19.9 Å². The fourth-order valence-corrected chi connectivity index (χ4v) is 3.77. The fraction of sp³-hybridized carbons (Fsp3) is 0.353. The molecule has 0 saturated heterocycles. The van der Waals surface area contributed by atoms with Gasteiger partial charge < -0.3 is 14.0 Å². The summed E-state index contributed by atoms with van der Waals surface area (Å²) in [6.45, 7) is 3.98. The SMILES string of the molecule is CCc1c(C[S+]([O-])c2nc3nc(OC)ccc3[nH]2)ncc(C)c1OC. The van der Waals surface area contributed by atoms with Crippen molar-refractivity contribution in [3.8, 4) is 11.6 Å². The molecule has 3 aromatic heterocycles. The van der Waals surface area contributed by atoms with Gasteiger partial charge in [0, 0.05) is 34.6 Å². The zero-order chi connectivity index (χ0) is 18.0. The summed E-state index contributed by atoms with van der Waals surface area (Å²) >= 11 is -1.37. The molecule has 1 N–H and O–H groups in total. The molecule has 1 atom stereocenters. The van der Waals surface area contributed by atoms with Crippen molar-refractivity contribution in [3.05, 3.63) is 35.2 Å². The summed E-state index contributed by atoms with van der Waals surface area (Å²) in [6.07, 6.45) is 2.50. The van der Waals surface area contributed by atoms with Gasteiger partial charge in [0.15, 0.2) is 11.4 Å². The molecule has 8 heteroatoms. The molecule has 0 bridgehead atoms. The van der Waals surface area contributed by atoms with Crippen LogP contribution >= 0.6 is 0 Å². The number of nitrogens with one attached hydrogen (secondary N) is 1. The number of pyridine rings is 2. The summed E-state index contributed by atoms with van der Waals surface area (Å²) in [5, 5.41) is 0.374. The number of rotatable bonds is 6. The maximum atomic E-state index is 12.8. The topological polar surface area (TPSA) is 96.0 Å². The first-order valence-electron chi connectivity index (χ1n) is 7.87. The molecular weight excluding hydrogens is 340 g/mol. The third kappa shape index (κ3) is 3.40. The number of ether oxygens (including phenoxy) is 2. The zero-order valence-electron chi connectivity index (χ0n) is 14.6. The van der Waals surface area contributed by atoms with Crippen molar-refractivity contribution >= 4 is 22.3 Å². The van der Waals surface area contributed by atoms with Crippen LogP contribution in [0.25, 0.3) is 11.2 Å². The van der Waals surface area contributed by atoms with Gasteiger partial charge in [0.2, 0.25) is 5.88 Å². The average molecular weight is 360 g/mol. The Balaban J connectivity index is 1.91. The van der Waals surface area contributed by atoms with Crippen LogP contribution in [0.3, 0.4) is 0 Å². The summed E-state index contributed by atoms with van der Waals surface area (Å²) in [5.41, 5.74) is 3.90. The van der Waals surface area contributed by atoms with E-state index < -0.39 is 11.2 Å². The number of H-pyrrole nitrogens is 1. The molecule has 0 aliphatic heterocycles. The Labute approximate surface area is 149 Å². The lowest BCUT2D eigenvalue weighted by molar-refractivity contribution is 0.399. The van der Waals surface area contributed by atoms with Gasteiger partial charge in [-0.1, -0.05) is 6.92 Å². The van der Waals surface area contributed by atoms with Gasteiger partial charge >= 0.3 is 5.16 Å². The van der Waals surface area contributed by atoms with Crippen LogP contribution in [0.2, 0.25) is 0 Å². The highest BCUT2D eigenvalue weighted by Gasteiger charge is 2.22. The third-order valence-electron chi connectivity index (χ3n) is 3.94. The summed E-state index contributed by atoms with van der Waals surface area (Å²) in [7, 11) is 3.18. The Bertz CT molecular complexity index is 897. The monoisotopic (exact) mass is 360 g/mol. The number of aryl methyl sites for hydroxylation is 1. The Hall–Kier alpha value is -2.32. The normalized spacial score (nSPS) is 12.4. The summed E-state index contributed by atoms with van der Waals surface area (Å²) in [6, 6.07) is 3.54. The number of nitrogens with zero attached hydrogens (tertiary/aromatic N) is 3. The molecule has 0 fully saturated rings. The molecule has 0 aliphatic rings. The predicted octanol–water partition coefficient (Wildman–Crippen LogP) is 2.55. The molecule has 25 heavy (non-hydrogen) atoms. The van der Waals surface area contributed by atoms with Gasteiger partial charge in [-0.2, -0.15) is 9.97 Å². The lowest BCUT2D eigenvalue weighted by atomic mass is 10.1. The van der Waals surface area contributed by atoms with Gasteiger partial charge in [-0.3, -0.25) is 9.97 Å². The summed E-state index contributed by atoms with van der Waals surface area (Å²) in [5.74, 6) is 1.53. The molecule has 7 nitrogen and oxygen atoms in total. The molecule has 0 amide bonds. The van der Waals surface area contributed by atoms with E-state index in [1.807, 2.05) is 13.8 Å². The fourth-order valence-electron chi connectivity index (χ4n) is 2.72. The van der Waals surface area contributed by atoms with Crippen LogP contribution in [-0.2, 0) is 23.3 Å². The summed E-state index contributed by atoms with van der Waals surface area (Å²) in [4.78, 5) is 16.1. The molecule has 3 heterocycles. The van der Waals surface area contributed by atoms with Crippen molar-refractivity contribution in [1.82, 2.24) is 19.9 Å². The zero-order valence-corrected chi connectivity index (χ0v) is 15.4. The minimum atomic E-state index is -1.37. The Kier molecular flexibility index (Phi) is 5.10. The number of imidazole rings is 1. The van der Waals surface area contributed by atoms with Crippen molar-refractivity contribution in [2.24, 2.45) is 0 Å². The van der Waals surface area contributed by atoms with E-state index in [-0.39, 0.29) is 5.75 Å². The van der Waals surface area contributed by atoms with E-state index in [1.165, 1.54) is 0 Å². The van der Waals surface area contributed by atoms with Crippen molar-refractivity contribution in [2.45, 2.75) is 31.2 Å². The number of aromatic amines is 1. The van der Waals surface area contributed by atoms with Gasteiger partial charge in [0.25, 0.3) is 0 Å². The molecule has 0 aliphatic carbocycles. The quantitative estimate of drug-likeness (QED) is 0.679. The van der Waals surface area contributed by atoms with E-state index in [0.29, 0.717) is 22.2 Å². The molecule has 0 spiro atoms. The van der Waals surface area contributed by atoms with Crippen LogP contribution in [-0.4, -0.2) is 38.7 Å². The third-order valence-corrected chi connectivity index (χ3v) is 5.10. The number of aromatic nitrogens is 4. The van der Waals surface area contributed by atoms with Crippen LogP contribution in [0.4, 0.5) is 0 Å². The van der Waals surface area contributed by atoms with Crippen LogP contribution in [0.5, 0.6) is 11.6 Å². The minimum Gasteiger partial charge on any atom is -0.609 e. The predicted molar refractivity (Wildman–Crippen MR) is 95.5 cm³/mol. The lowest BCUT2D eigenvalue weighted by Gasteiger charge is -2.14. The maximum absolute atomic E-state index is 12.8. The Morgan fingerprint density at radius 1 is 1.20 bits per heavy atom. The van der Waals surface area contributed by atoms with Gasteiger partial charge in [-0.05, 0) is 19.4 Å². The average Bonchev–Trinajstić information content (AvgIpc) is 3.05. The molecular formula is C17H20N4O3S. The van der Waals surface area contributed by atoms with Crippen LogP contribution in [0, 0.1) is 6.92 Å². The molecule has 3 aromatic rings. The van der Waals surface area contributed by atoms with E-state index in [4.69, 9.17) is 9.47 Å². The van der Waals surface area contributed by atoms with Crippen molar-refractivity contribution in [2.75, 3.05) is 14.2 Å². The first-order valence-corrected chi connectivity index (χ1v) is 9.19. The van der Waals surface area contributed by atoms with Gasteiger partial charge in [-0.25, -0.2) is 0 Å². The number of methoxy groups -OCH3 is 2. The minimum absolute atomic E-state index is 0.261. The van der Waals surface area contributed by atoms with Crippen molar-refractivity contribution in [3.63, 3.8) is 0 Å². The number of fused-ring (bicyclic) bond motifs is 1. The number of hydrogen-bond acceptors (Lipinski definition) is 6. The largest absolute Gasteiger partial charge is 0.609 e. The second-order valence-corrected chi connectivity index (χ2v) is 6.88. The van der Waals surface area contributed by atoms with Crippen LogP contribution < -0.4 is 9.47 Å². The summed E-state index contributed by atoms with van der Waals surface area (Å²) < 4.78 is 23.3. The first-order chi connectivity index (χ1) is 12.1. The van der Waals surface area contributed by atoms with Gasteiger partial charge in [0.05, 0.1) is 25.4 Å². The van der Waals surface area contributed by atoms with E-state index in [0.717, 1.165) is 29.0 Å². The Morgan fingerprint density at radius 2 is 2.00 bits per heavy atom. The van der Waals surface area contributed by atoms with Gasteiger partial charge in [0.1, 0.15) is 5.75 Å². The lowest BCUT2D eigenvalue weighted by Crippen LogP contribution is -2.11. The standard InChI is InChI=1S/C17H20N4O3S/c1-5-11-13(18-8-10(2)15(11)24-4)9-25(22)17-19-12-6-7-14(23-3)20-16(12)21-17/h6-8H,5,9H2,1-4H3,(H,19,20,21). The maximum Gasteiger partial charge on any atom is 0.323 e. The molecule has 1 unspecified atom stereocenters. The van der Waals surface area contributed by atoms with Crippen molar-refractivity contribution in [1.29, 1.82) is 0 Å². The first kappa shape index (κ1) is 17.5. The van der Waals surface area contributed by atoms with Gasteiger partial charge in [-0.15, -0.1) is 0 Å². The van der Waals surface area contributed by atoms with Crippen molar-refractivity contribution < 1.29 is 14.0 Å². The van der Waals surface area contributed by atoms with Crippen LogP contribution in [0.1, 0.15) is 23.7 Å². The second kappa shape index (κ2) is 7.28. The number of hydrogen-bond donors (Lipinski definition) is 1. The van der Waals surface area contributed by atoms with E-state index in [1.54, 1.807) is 32.5 Å². The molecule has 3 rings (SSSR count). The molecule has 132 valence electrons. The molecule has 0 saturated carbocycles. The second-order valence-electron chi connectivity index (χ2n) is 5.51.